The Hall–Kier alpha value is -1.72. The average Bonchev–Trinajstić information content (AvgIpc) is 2.61. The van der Waals surface area contributed by atoms with Gasteiger partial charge >= 0.3 is 11.9 Å². The van der Waals surface area contributed by atoms with Crippen LogP contribution in [0.3, 0.4) is 0 Å². The van der Waals surface area contributed by atoms with E-state index in [1.165, 1.54) is 0 Å². The molecular formula is C22H36O6. The largest absolute Gasteiger partial charge is 0.481 e. The van der Waals surface area contributed by atoms with Gasteiger partial charge in [-0.2, -0.15) is 0 Å². The first-order valence-electron chi connectivity index (χ1n) is 10.3. The van der Waals surface area contributed by atoms with Crippen LogP contribution in [0.2, 0.25) is 0 Å². The van der Waals surface area contributed by atoms with Gasteiger partial charge in [-0.05, 0) is 39.5 Å². The van der Waals surface area contributed by atoms with Crippen LogP contribution in [0.15, 0.2) is 0 Å². The predicted molar refractivity (Wildman–Crippen MR) is 106 cm³/mol. The van der Waals surface area contributed by atoms with Crippen molar-refractivity contribution in [1.82, 2.24) is 0 Å². The van der Waals surface area contributed by atoms with Crippen LogP contribution in [-0.4, -0.2) is 35.2 Å². The minimum atomic E-state index is -0.868. The van der Waals surface area contributed by atoms with E-state index in [1.807, 2.05) is 20.8 Å². The minimum absolute atomic E-state index is 0.0173. The minimum Gasteiger partial charge on any atom is -0.481 e. The summed E-state index contributed by atoms with van der Waals surface area (Å²) < 4.78 is 5.50. The van der Waals surface area contributed by atoms with Gasteiger partial charge in [-0.1, -0.05) is 33.6 Å². The molecule has 1 saturated carbocycles. The summed E-state index contributed by atoms with van der Waals surface area (Å²) in [7, 11) is 0. The summed E-state index contributed by atoms with van der Waals surface area (Å²) >= 11 is 0. The summed E-state index contributed by atoms with van der Waals surface area (Å²) in [5, 5.41) is 8.65. The van der Waals surface area contributed by atoms with Crippen LogP contribution in [0.5, 0.6) is 0 Å². The summed E-state index contributed by atoms with van der Waals surface area (Å²) in [5.74, 6) is -1.93. The molecule has 1 aliphatic rings. The smallest absolute Gasteiger partial charge is 0.309 e. The second-order valence-corrected chi connectivity index (χ2v) is 9.63. The Balaban J connectivity index is 2.61. The molecule has 28 heavy (non-hydrogen) atoms. The van der Waals surface area contributed by atoms with Gasteiger partial charge in [-0.25, -0.2) is 0 Å². The predicted octanol–water partition coefficient (Wildman–Crippen LogP) is 4.19. The molecular weight excluding hydrogens is 360 g/mol. The van der Waals surface area contributed by atoms with Gasteiger partial charge in [0.15, 0.2) is 0 Å². The number of carbonyl (C=O) groups is 4. The number of hydrogen-bond acceptors (Lipinski definition) is 5. The van der Waals surface area contributed by atoms with Gasteiger partial charge in [0, 0.05) is 24.2 Å². The van der Waals surface area contributed by atoms with Crippen molar-refractivity contribution in [2.75, 3.05) is 6.61 Å². The summed E-state index contributed by atoms with van der Waals surface area (Å²) in [6.07, 6.45) is 4.48. The highest BCUT2D eigenvalue weighted by Crippen LogP contribution is 2.36. The van der Waals surface area contributed by atoms with Gasteiger partial charge in [-0.15, -0.1) is 0 Å². The zero-order chi connectivity index (χ0) is 21.5. The van der Waals surface area contributed by atoms with Crippen molar-refractivity contribution < 1.29 is 29.0 Å². The van der Waals surface area contributed by atoms with E-state index in [-0.39, 0.29) is 42.9 Å². The van der Waals surface area contributed by atoms with E-state index in [4.69, 9.17) is 9.84 Å². The van der Waals surface area contributed by atoms with Crippen molar-refractivity contribution >= 4 is 23.5 Å². The molecule has 1 N–H and O–H groups in total. The Kier molecular flexibility index (Phi) is 8.83. The average molecular weight is 397 g/mol. The third-order valence-electron chi connectivity index (χ3n) is 5.52. The lowest BCUT2D eigenvalue weighted by molar-refractivity contribution is -0.159. The van der Waals surface area contributed by atoms with Gasteiger partial charge in [0.05, 0.1) is 11.3 Å². The number of carboxylic acid groups (broad SMARTS) is 1. The van der Waals surface area contributed by atoms with Crippen molar-refractivity contribution in [2.24, 2.45) is 22.7 Å². The Morgan fingerprint density at radius 2 is 1.43 bits per heavy atom. The van der Waals surface area contributed by atoms with E-state index >= 15 is 0 Å². The van der Waals surface area contributed by atoms with E-state index < -0.39 is 22.7 Å². The summed E-state index contributed by atoms with van der Waals surface area (Å²) in [5.41, 5.74) is -1.32. The number of hydrogen-bond donors (Lipinski definition) is 1. The molecule has 1 rings (SSSR count). The van der Waals surface area contributed by atoms with Crippen molar-refractivity contribution in [3.63, 3.8) is 0 Å². The van der Waals surface area contributed by atoms with Crippen LogP contribution in [0.1, 0.15) is 86.0 Å². The number of esters is 1. The molecule has 0 aromatic heterocycles. The maximum Gasteiger partial charge on any atom is 0.309 e. The molecule has 2 unspecified atom stereocenters. The highest BCUT2D eigenvalue weighted by molar-refractivity contribution is 5.90. The topological polar surface area (TPSA) is 97.7 Å². The van der Waals surface area contributed by atoms with E-state index in [9.17, 15) is 19.2 Å². The lowest BCUT2D eigenvalue weighted by atomic mass is 9.70. The van der Waals surface area contributed by atoms with Gasteiger partial charge in [-0.3, -0.25) is 19.2 Å². The monoisotopic (exact) mass is 396 g/mol. The fraction of sp³-hybridized carbons (Fsp3) is 0.818. The summed E-state index contributed by atoms with van der Waals surface area (Å²) in [4.78, 5) is 48.4. The second-order valence-electron chi connectivity index (χ2n) is 9.63. The molecule has 0 aromatic rings. The summed E-state index contributed by atoms with van der Waals surface area (Å²) in [6.45, 7) is 9.07. The maximum absolute atomic E-state index is 12.7. The molecule has 0 radical (unpaired) electrons. The van der Waals surface area contributed by atoms with Crippen molar-refractivity contribution in [3.05, 3.63) is 0 Å². The molecule has 0 heterocycles. The molecule has 1 aliphatic carbocycles. The van der Waals surface area contributed by atoms with Crippen LogP contribution >= 0.6 is 0 Å². The van der Waals surface area contributed by atoms with Gasteiger partial charge < -0.3 is 9.84 Å². The third-order valence-corrected chi connectivity index (χ3v) is 5.52. The number of unbranched alkanes of at least 4 members (excludes halogenated alkanes) is 1. The molecule has 0 bridgehead atoms. The zero-order valence-corrected chi connectivity index (χ0v) is 18.0. The Morgan fingerprint density at radius 3 is 1.96 bits per heavy atom. The maximum atomic E-state index is 12.7. The number of ether oxygens (including phenoxy) is 1. The number of ketones is 2. The fourth-order valence-corrected chi connectivity index (χ4v) is 3.62. The number of carboxylic acids is 1. The van der Waals surface area contributed by atoms with Crippen LogP contribution in [0, 0.1) is 22.7 Å². The molecule has 6 heteroatoms. The van der Waals surface area contributed by atoms with Crippen molar-refractivity contribution in [2.45, 2.75) is 86.0 Å². The molecule has 0 amide bonds. The van der Waals surface area contributed by atoms with Crippen LogP contribution in [-0.2, 0) is 23.9 Å². The highest BCUT2D eigenvalue weighted by Gasteiger charge is 2.41. The van der Waals surface area contributed by atoms with Crippen LogP contribution in [0.25, 0.3) is 0 Å². The van der Waals surface area contributed by atoms with E-state index in [1.54, 1.807) is 13.8 Å². The van der Waals surface area contributed by atoms with E-state index in [0.717, 1.165) is 12.8 Å². The highest BCUT2D eigenvalue weighted by atomic mass is 16.5. The standard InChI is InChI=1S/C22H36O6/c1-21(2,3)19(26)15-10-6-7-11-16(15)20(27)28-14-22(4,5)17(23)12-8-9-13-18(24)25/h15-16H,6-14H2,1-5H3,(H,24,25). The number of rotatable bonds is 10. The Labute approximate surface area is 168 Å². The molecule has 0 saturated heterocycles. The van der Waals surface area contributed by atoms with Crippen LogP contribution < -0.4 is 0 Å². The Morgan fingerprint density at radius 1 is 0.893 bits per heavy atom. The second kappa shape index (κ2) is 10.2. The number of carbonyl (C=O) groups excluding carboxylic acids is 3. The van der Waals surface area contributed by atoms with E-state index in [0.29, 0.717) is 25.7 Å². The lowest BCUT2D eigenvalue weighted by Gasteiger charge is -2.33. The van der Waals surface area contributed by atoms with Crippen molar-refractivity contribution in [1.29, 1.82) is 0 Å². The van der Waals surface area contributed by atoms with Gasteiger partial charge in [0.25, 0.3) is 0 Å². The molecule has 2 atom stereocenters. The van der Waals surface area contributed by atoms with Gasteiger partial charge in [0.2, 0.25) is 0 Å². The zero-order valence-electron chi connectivity index (χ0n) is 18.0. The summed E-state index contributed by atoms with van der Waals surface area (Å²) in [6, 6.07) is 0. The molecule has 0 aromatic carbocycles. The molecule has 160 valence electrons. The van der Waals surface area contributed by atoms with Crippen LogP contribution in [0.4, 0.5) is 0 Å². The first-order chi connectivity index (χ1) is 12.9. The fourth-order valence-electron chi connectivity index (χ4n) is 3.62. The number of aliphatic carboxylic acids is 1. The van der Waals surface area contributed by atoms with Crippen molar-refractivity contribution in [3.8, 4) is 0 Å². The van der Waals surface area contributed by atoms with Gasteiger partial charge in [0.1, 0.15) is 18.2 Å². The SMILES string of the molecule is CC(C)(C)C(=O)C1CCCCC1C(=O)OCC(C)(C)C(=O)CCCCC(=O)O. The normalized spacial score (nSPS) is 20.5. The quantitative estimate of drug-likeness (QED) is 0.439. The van der Waals surface area contributed by atoms with E-state index in [2.05, 4.69) is 0 Å². The Bertz CT molecular complexity index is 584. The lowest BCUT2D eigenvalue weighted by Crippen LogP contribution is -2.40. The molecule has 6 nitrogen and oxygen atoms in total. The molecule has 0 spiro atoms. The number of Topliss-reactive ketones (excluding diaryl/α,β-unsaturated/α-hetero) is 2. The molecule has 1 fully saturated rings. The first-order valence-corrected chi connectivity index (χ1v) is 10.3. The first kappa shape index (κ1) is 24.3. The molecule has 0 aliphatic heterocycles. The third kappa shape index (κ3) is 7.36.